The lowest BCUT2D eigenvalue weighted by atomic mass is 10.1. The Balaban J connectivity index is 3.31. The van der Waals surface area contributed by atoms with Gasteiger partial charge < -0.3 is 0 Å². The van der Waals surface area contributed by atoms with Crippen LogP contribution in [0.15, 0.2) is 0 Å². The van der Waals surface area contributed by atoms with Gasteiger partial charge in [0, 0.05) is 17.9 Å². The fourth-order valence-electron chi connectivity index (χ4n) is 2.98. The number of hydrogen-bond acceptors (Lipinski definition) is 5. The lowest BCUT2D eigenvalue weighted by molar-refractivity contribution is -0.459. The molecule has 0 aliphatic rings. The maximum absolute atomic E-state index is 11.5. The highest BCUT2D eigenvalue weighted by molar-refractivity contribution is 5.69. The lowest BCUT2D eigenvalue weighted by Crippen LogP contribution is -2.10. The Hall–Kier alpha value is -1.10. The van der Waals surface area contributed by atoms with Crippen molar-refractivity contribution < 1.29 is 24.4 Å². The van der Waals surface area contributed by atoms with E-state index in [1.807, 2.05) is 0 Å². The highest BCUT2D eigenvalue weighted by Crippen LogP contribution is 2.11. The van der Waals surface area contributed by atoms with Gasteiger partial charge in [-0.3, -0.25) is 9.78 Å². The van der Waals surface area contributed by atoms with Crippen molar-refractivity contribution in [2.45, 2.75) is 129 Å². The van der Waals surface area contributed by atoms with Crippen molar-refractivity contribution in [2.24, 2.45) is 0 Å². The zero-order valence-electron chi connectivity index (χ0n) is 17.8. The third-order valence-corrected chi connectivity index (χ3v) is 4.72. The summed E-state index contributed by atoms with van der Waals surface area (Å²) >= 11 is 0. The molecule has 5 heteroatoms. The maximum Gasteiger partial charge on any atom is 0.346 e. The smallest absolute Gasteiger partial charge is 0.260 e. The molecule has 0 radical (unpaired) electrons. The highest BCUT2D eigenvalue weighted by atomic mass is 17.5. The van der Waals surface area contributed by atoms with Gasteiger partial charge in [-0.05, 0) is 12.8 Å². The van der Waals surface area contributed by atoms with Gasteiger partial charge in [0.2, 0.25) is 0 Å². The van der Waals surface area contributed by atoms with Gasteiger partial charge >= 0.3 is 11.9 Å². The molecule has 0 aliphatic heterocycles. The number of carbonyl (C=O) groups excluding carboxylic acids is 2. The van der Waals surface area contributed by atoms with Gasteiger partial charge in [0.25, 0.3) is 0 Å². The topological polar surface area (TPSA) is 61.8 Å². The summed E-state index contributed by atoms with van der Waals surface area (Å²) < 4.78 is 0. The monoisotopic (exact) mass is 386 g/mol. The Morgan fingerprint density at radius 3 is 1.11 bits per heavy atom. The van der Waals surface area contributed by atoms with Gasteiger partial charge in [0.1, 0.15) is 0 Å². The molecular weight excluding hydrogens is 344 g/mol. The molecule has 0 aliphatic carbocycles. The Morgan fingerprint density at radius 1 is 0.481 bits per heavy atom. The van der Waals surface area contributed by atoms with Crippen LogP contribution in [-0.2, 0) is 24.4 Å². The van der Waals surface area contributed by atoms with Crippen LogP contribution in [0.25, 0.3) is 0 Å². The average molecular weight is 387 g/mol. The van der Waals surface area contributed by atoms with Crippen LogP contribution in [0, 0.1) is 0 Å². The van der Waals surface area contributed by atoms with Crippen molar-refractivity contribution in [1.82, 2.24) is 0 Å². The predicted octanol–water partition coefficient (Wildman–Crippen LogP) is 6.98. The molecule has 0 aromatic heterocycles. The van der Waals surface area contributed by atoms with Gasteiger partial charge in [-0.15, -0.1) is 0 Å². The van der Waals surface area contributed by atoms with Gasteiger partial charge in [-0.25, -0.2) is 9.59 Å². The van der Waals surface area contributed by atoms with Gasteiger partial charge in [0.05, 0.1) is 0 Å². The van der Waals surface area contributed by atoms with E-state index in [9.17, 15) is 9.59 Å². The van der Waals surface area contributed by atoms with Crippen molar-refractivity contribution in [3.8, 4) is 0 Å². The van der Waals surface area contributed by atoms with E-state index in [0.717, 1.165) is 38.5 Å². The zero-order valence-corrected chi connectivity index (χ0v) is 17.8. The molecule has 0 N–H and O–H groups in total. The summed E-state index contributed by atoms with van der Waals surface area (Å²) in [6, 6.07) is 0. The molecule has 0 unspecified atom stereocenters. The van der Waals surface area contributed by atoms with Gasteiger partial charge in [-0.2, -0.15) is 0 Å². The molecule has 0 heterocycles. The van der Waals surface area contributed by atoms with E-state index < -0.39 is 11.9 Å². The van der Waals surface area contributed by atoms with E-state index in [-0.39, 0.29) is 0 Å². The largest absolute Gasteiger partial charge is 0.346 e. The van der Waals surface area contributed by atoms with Gasteiger partial charge in [-0.1, -0.05) is 104 Å². The normalized spacial score (nSPS) is 10.7. The second-order valence-electron chi connectivity index (χ2n) is 7.43. The number of rotatable bonds is 20. The average Bonchev–Trinajstić information content (AvgIpc) is 2.66. The summed E-state index contributed by atoms with van der Waals surface area (Å²) in [6.07, 6.45) is 19.2. The molecule has 0 saturated carbocycles. The first-order valence-corrected chi connectivity index (χ1v) is 11.3. The van der Waals surface area contributed by atoms with Crippen LogP contribution in [0.5, 0.6) is 0 Å². The van der Waals surface area contributed by atoms with Crippen molar-refractivity contribution in [3.63, 3.8) is 0 Å². The minimum absolute atomic E-state index is 0.296. The fraction of sp³-hybridized carbons (Fsp3) is 0.909. The molecule has 0 bridgehead atoms. The number of hydrogen-bond donors (Lipinski definition) is 0. The molecule has 5 nitrogen and oxygen atoms in total. The van der Waals surface area contributed by atoms with E-state index >= 15 is 0 Å². The molecule has 160 valence electrons. The molecule has 0 amide bonds. The summed E-state index contributed by atoms with van der Waals surface area (Å²) in [5.74, 6) is -0.971. The van der Waals surface area contributed by atoms with Crippen LogP contribution < -0.4 is 0 Å². The molecule has 0 aromatic carbocycles. The van der Waals surface area contributed by atoms with E-state index in [1.54, 1.807) is 0 Å². The van der Waals surface area contributed by atoms with Crippen molar-refractivity contribution >= 4 is 11.9 Å². The van der Waals surface area contributed by atoms with E-state index in [4.69, 9.17) is 0 Å². The lowest BCUT2D eigenvalue weighted by Gasteiger charge is -2.04. The van der Waals surface area contributed by atoms with E-state index in [1.165, 1.54) is 64.2 Å². The minimum atomic E-state index is -0.485. The quantitative estimate of drug-likeness (QED) is 0.128. The second-order valence-corrected chi connectivity index (χ2v) is 7.43. The summed E-state index contributed by atoms with van der Waals surface area (Å²) in [6.45, 7) is 4.42. The summed E-state index contributed by atoms with van der Waals surface area (Å²) in [4.78, 5) is 31.9. The van der Waals surface area contributed by atoms with Crippen molar-refractivity contribution in [2.75, 3.05) is 0 Å². The third kappa shape index (κ3) is 21.1. The number of carbonyl (C=O) groups is 2. The highest BCUT2D eigenvalue weighted by Gasteiger charge is 2.08. The minimum Gasteiger partial charge on any atom is -0.260 e. The van der Waals surface area contributed by atoms with E-state index in [2.05, 4.69) is 28.7 Å². The molecule has 0 aromatic rings. The first-order valence-electron chi connectivity index (χ1n) is 11.3. The summed E-state index contributed by atoms with van der Waals surface area (Å²) in [7, 11) is 0. The second kappa shape index (κ2) is 21.2. The molecular formula is C22H42O5. The van der Waals surface area contributed by atoms with Crippen LogP contribution >= 0.6 is 0 Å². The van der Waals surface area contributed by atoms with Crippen LogP contribution in [0.2, 0.25) is 0 Å². The van der Waals surface area contributed by atoms with E-state index in [0.29, 0.717) is 12.8 Å². The molecule has 0 rings (SSSR count). The molecule has 0 saturated heterocycles. The first-order chi connectivity index (χ1) is 13.2. The fourth-order valence-corrected chi connectivity index (χ4v) is 2.98. The standard InChI is InChI=1S/C22H42O5/c1-3-5-7-9-11-13-15-17-19-21(23)25-27-26-22(24)20-18-16-14-12-10-8-6-4-2/h3-20H2,1-2H3. The molecule has 0 fully saturated rings. The zero-order chi connectivity index (χ0) is 20.0. The maximum atomic E-state index is 11.5. The van der Waals surface area contributed by atoms with Crippen LogP contribution in [0.4, 0.5) is 0 Å². The Bertz CT molecular complexity index is 312. The SMILES string of the molecule is CCCCCCCCCCC(=O)OOOC(=O)CCCCCCCCCC. The predicted molar refractivity (Wildman–Crippen MR) is 108 cm³/mol. The number of unbranched alkanes of at least 4 members (excludes halogenated alkanes) is 14. The Morgan fingerprint density at radius 2 is 0.778 bits per heavy atom. The molecule has 0 spiro atoms. The third-order valence-electron chi connectivity index (χ3n) is 4.72. The van der Waals surface area contributed by atoms with Crippen LogP contribution in [0.3, 0.4) is 0 Å². The Labute approximate surface area is 166 Å². The summed E-state index contributed by atoms with van der Waals surface area (Å²) in [5, 5.41) is 4.30. The first kappa shape index (κ1) is 25.9. The van der Waals surface area contributed by atoms with Crippen molar-refractivity contribution in [3.05, 3.63) is 0 Å². The van der Waals surface area contributed by atoms with Gasteiger partial charge in [0.15, 0.2) is 0 Å². The Kier molecular flexibility index (Phi) is 20.3. The van der Waals surface area contributed by atoms with Crippen LogP contribution in [0.1, 0.15) is 129 Å². The van der Waals surface area contributed by atoms with Crippen molar-refractivity contribution in [1.29, 1.82) is 0 Å². The molecule has 27 heavy (non-hydrogen) atoms. The molecule has 0 atom stereocenters. The van der Waals surface area contributed by atoms with Crippen LogP contribution in [-0.4, -0.2) is 11.9 Å². The summed E-state index contributed by atoms with van der Waals surface area (Å²) in [5.41, 5.74) is 0.